The third-order valence-corrected chi connectivity index (χ3v) is 4.22. The maximum atomic E-state index is 12.3. The molecule has 1 fully saturated rings. The van der Waals surface area contributed by atoms with Crippen LogP contribution in [-0.2, 0) is 4.74 Å². The van der Waals surface area contributed by atoms with Crippen LogP contribution in [0.3, 0.4) is 0 Å². The monoisotopic (exact) mass is 291 g/mol. The Labute approximate surface area is 126 Å². The maximum Gasteiger partial charge on any atom is 0.321 e. The molecule has 21 heavy (non-hydrogen) atoms. The molecule has 1 heterocycles. The van der Waals surface area contributed by atoms with Gasteiger partial charge in [-0.2, -0.15) is 0 Å². The van der Waals surface area contributed by atoms with E-state index in [1.807, 2.05) is 45.3 Å². The van der Waals surface area contributed by atoms with Crippen molar-refractivity contribution in [1.29, 1.82) is 0 Å². The van der Waals surface area contributed by atoms with Crippen molar-refractivity contribution < 1.29 is 9.53 Å². The molecule has 0 aliphatic carbocycles. The standard InChI is InChI=1S/C16H25N3O2/c1-11(17-3)13-6-5-7-14(10-13)18-16(20)19(4)15-8-9-21-12(15)2/h5-7,10-12,15,17H,8-9H2,1-4H3,(H,18,20). The molecule has 1 aromatic carbocycles. The highest BCUT2D eigenvalue weighted by Crippen LogP contribution is 2.20. The van der Waals surface area contributed by atoms with Crippen molar-refractivity contribution in [2.45, 2.75) is 38.5 Å². The SMILES string of the molecule is CNC(C)c1cccc(NC(=O)N(C)C2CCOC2C)c1. The lowest BCUT2D eigenvalue weighted by Crippen LogP contribution is -2.43. The lowest BCUT2D eigenvalue weighted by atomic mass is 10.1. The normalized spacial score (nSPS) is 22.9. The first-order valence-corrected chi connectivity index (χ1v) is 7.45. The number of carbonyl (C=O) groups is 1. The molecule has 5 heteroatoms. The van der Waals surface area contributed by atoms with Crippen molar-refractivity contribution in [3.63, 3.8) is 0 Å². The number of benzene rings is 1. The molecule has 1 saturated heterocycles. The molecule has 2 N–H and O–H groups in total. The van der Waals surface area contributed by atoms with E-state index in [2.05, 4.69) is 17.6 Å². The van der Waals surface area contributed by atoms with Gasteiger partial charge < -0.3 is 20.3 Å². The van der Waals surface area contributed by atoms with Gasteiger partial charge in [0.25, 0.3) is 0 Å². The summed E-state index contributed by atoms with van der Waals surface area (Å²) < 4.78 is 5.52. The number of nitrogens with one attached hydrogen (secondary N) is 2. The summed E-state index contributed by atoms with van der Waals surface area (Å²) in [5.41, 5.74) is 1.97. The van der Waals surface area contributed by atoms with Crippen molar-refractivity contribution in [3.8, 4) is 0 Å². The van der Waals surface area contributed by atoms with E-state index in [9.17, 15) is 4.79 Å². The molecule has 0 radical (unpaired) electrons. The van der Waals surface area contributed by atoms with E-state index in [1.165, 1.54) is 0 Å². The van der Waals surface area contributed by atoms with Crippen LogP contribution < -0.4 is 10.6 Å². The highest BCUT2D eigenvalue weighted by Gasteiger charge is 2.30. The number of likely N-dealkylation sites (N-methyl/N-ethyl adjacent to an activating group) is 1. The van der Waals surface area contributed by atoms with Crippen molar-refractivity contribution in [1.82, 2.24) is 10.2 Å². The van der Waals surface area contributed by atoms with Crippen molar-refractivity contribution in [2.75, 3.05) is 26.0 Å². The molecular formula is C16H25N3O2. The summed E-state index contributed by atoms with van der Waals surface area (Å²) in [5, 5.41) is 6.16. The second kappa shape index (κ2) is 6.91. The van der Waals surface area contributed by atoms with Gasteiger partial charge >= 0.3 is 6.03 Å². The number of carbonyl (C=O) groups excluding carboxylic acids is 1. The third-order valence-electron chi connectivity index (χ3n) is 4.22. The first-order chi connectivity index (χ1) is 10.0. The zero-order valence-electron chi connectivity index (χ0n) is 13.2. The van der Waals surface area contributed by atoms with Crippen LogP contribution in [-0.4, -0.2) is 43.8 Å². The molecular weight excluding hydrogens is 266 g/mol. The van der Waals surface area contributed by atoms with Gasteiger partial charge in [-0.1, -0.05) is 12.1 Å². The summed E-state index contributed by atoms with van der Waals surface area (Å²) in [4.78, 5) is 14.1. The Morgan fingerprint density at radius 1 is 1.48 bits per heavy atom. The Hall–Kier alpha value is -1.59. The predicted molar refractivity (Wildman–Crippen MR) is 84.5 cm³/mol. The number of hydrogen-bond donors (Lipinski definition) is 2. The molecule has 0 saturated carbocycles. The van der Waals surface area contributed by atoms with Crippen LogP contribution >= 0.6 is 0 Å². The van der Waals surface area contributed by atoms with Crippen molar-refractivity contribution in [2.24, 2.45) is 0 Å². The zero-order chi connectivity index (χ0) is 15.4. The first-order valence-electron chi connectivity index (χ1n) is 7.45. The molecule has 1 aliphatic rings. The van der Waals surface area contributed by atoms with Crippen LogP contribution in [0.4, 0.5) is 10.5 Å². The Balaban J connectivity index is 2.02. The van der Waals surface area contributed by atoms with Crippen LogP contribution in [0.15, 0.2) is 24.3 Å². The second-order valence-electron chi connectivity index (χ2n) is 5.61. The first kappa shape index (κ1) is 15.8. The van der Waals surface area contributed by atoms with Gasteiger partial charge in [-0.15, -0.1) is 0 Å². The van der Waals surface area contributed by atoms with E-state index in [1.54, 1.807) is 4.90 Å². The van der Waals surface area contributed by atoms with Gasteiger partial charge in [0.2, 0.25) is 0 Å². The molecule has 0 spiro atoms. The lowest BCUT2D eigenvalue weighted by Gasteiger charge is -2.27. The van der Waals surface area contributed by atoms with Crippen LogP contribution in [0, 0.1) is 0 Å². The average Bonchev–Trinajstić information content (AvgIpc) is 2.92. The molecule has 2 rings (SSSR count). The minimum Gasteiger partial charge on any atom is -0.376 e. The largest absolute Gasteiger partial charge is 0.376 e. The molecule has 3 unspecified atom stereocenters. The van der Waals surface area contributed by atoms with Gasteiger partial charge in [0.1, 0.15) is 0 Å². The fourth-order valence-electron chi connectivity index (χ4n) is 2.64. The van der Waals surface area contributed by atoms with E-state index in [0.29, 0.717) is 0 Å². The summed E-state index contributed by atoms with van der Waals surface area (Å²) in [7, 11) is 3.75. The molecule has 0 bridgehead atoms. The lowest BCUT2D eigenvalue weighted by molar-refractivity contribution is 0.0929. The van der Waals surface area contributed by atoms with Gasteiger partial charge in [0, 0.05) is 25.4 Å². The van der Waals surface area contributed by atoms with Crippen LogP contribution in [0.1, 0.15) is 31.9 Å². The summed E-state index contributed by atoms with van der Waals surface area (Å²) in [5.74, 6) is 0. The molecule has 0 aromatic heterocycles. The number of urea groups is 1. The van der Waals surface area contributed by atoms with Gasteiger partial charge in [-0.05, 0) is 45.0 Å². The molecule has 116 valence electrons. The maximum absolute atomic E-state index is 12.3. The number of amides is 2. The highest BCUT2D eigenvalue weighted by atomic mass is 16.5. The number of rotatable bonds is 4. The summed E-state index contributed by atoms with van der Waals surface area (Å²) in [6.45, 7) is 4.82. The summed E-state index contributed by atoms with van der Waals surface area (Å²) in [6, 6.07) is 8.22. The topological polar surface area (TPSA) is 53.6 Å². The molecule has 5 nitrogen and oxygen atoms in total. The Kier molecular flexibility index (Phi) is 5.20. The fourth-order valence-corrected chi connectivity index (χ4v) is 2.64. The summed E-state index contributed by atoms with van der Waals surface area (Å²) >= 11 is 0. The van der Waals surface area contributed by atoms with Gasteiger partial charge in [0.05, 0.1) is 12.1 Å². The van der Waals surface area contributed by atoms with E-state index < -0.39 is 0 Å². The van der Waals surface area contributed by atoms with Crippen LogP contribution in [0.25, 0.3) is 0 Å². The van der Waals surface area contributed by atoms with Gasteiger partial charge in [0.15, 0.2) is 0 Å². The van der Waals surface area contributed by atoms with Crippen LogP contribution in [0.2, 0.25) is 0 Å². The Bertz CT molecular complexity index is 492. The number of nitrogens with zero attached hydrogens (tertiary/aromatic N) is 1. The minimum atomic E-state index is -0.0911. The molecule has 1 aliphatic heterocycles. The van der Waals surface area contributed by atoms with Crippen molar-refractivity contribution in [3.05, 3.63) is 29.8 Å². The third kappa shape index (κ3) is 3.74. The summed E-state index contributed by atoms with van der Waals surface area (Å²) in [6.07, 6.45) is 0.985. The van der Waals surface area contributed by atoms with Gasteiger partial charge in [-0.25, -0.2) is 4.79 Å². The van der Waals surface area contributed by atoms with E-state index in [-0.39, 0.29) is 24.2 Å². The number of anilines is 1. The Morgan fingerprint density at radius 3 is 2.86 bits per heavy atom. The smallest absolute Gasteiger partial charge is 0.321 e. The zero-order valence-corrected chi connectivity index (χ0v) is 13.2. The molecule has 1 aromatic rings. The molecule has 2 amide bonds. The van der Waals surface area contributed by atoms with E-state index in [4.69, 9.17) is 4.74 Å². The molecule has 3 atom stereocenters. The fraction of sp³-hybridized carbons (Fsp3) is 0.562. The van der Waals surface area contributed by atoms with E-state index in [0.717, 1.165) is 24.3 Å². The average molecular weight is 291 g/mol. The number of hydrogen-bond acceptors (Lipinski definition) is 3. The second-order valence-corrected chi connectivity index (χ2v) is 5.61. The Morgan fingerprint density at radius 2 is 2.24 bits per heavy atom. The minimum absolute atomic E-state index is 0.0911. The quantitative estimate of drug-likeness (QED) is 0.896. The van der Waals surface area contributed by atoms with Crippen LogP contribution in [0.5, 0.6) is 0 Å². The van der Waals surface area contributed by atoms with Crippen molar-refractivity contribution >= 4 is 11.7 Å². The number of ether oxygens (including phenoxy) is 1. The van der Waals surface area contributed by atoms with E-state index >= 15 is 0 Å². The highest BCUT2D eigenvalue weighted by molar-refractivity contribution is 5.89. The van der Waals surface area contributed by atoms with Gasteiger partial charge in [-0.3, -0.25) is 0 Å². The predicted octanol–water partition coefficient (Wildman–Crippen LogP) is 2.61.